The number of hydrogen-bond donors (Lipinski definition) is 1. The highest BCUT2D eigenvalue weighted by molar-refractivity contribution is 6.34. The van der Waals surface area contributed by atoms with Crippen LogP contribution in [-0.2, 0) is 12.7 Å². The number of Topliss-reactive ketones (excluding diaryl/α,β-unsaturated/α-hetero) is 1. The minimum absolute atomic E-state index is 0.0886. The van der Waals surface area contributed by atoms with Crippen molar-refractivity contribution in [2.75, 3.05) is 18.4 Å². The van der Waals surface area contributed by atoms with E-state index in [2.05, 4.69) is 5.32 Å². The third-order valence-corrected chi connectivity index (χ3v) is 8.36. The molecule has 0 radical (unpaired) electrons. The lowest BCUT2D eigenvalue weighted by Gasteiger charge is -2.32. The topological polar surface area (TPSA) is 93.4 Å². The van der Waals surface area contributed by atoms with Gasteiger partial charge >= 0.3 is 17.9 Å². The molecule has 2 aromatic carbocycles. The Balaban J connectivity index is 1.35. The van der Waals surface area contributed by atoms with E-state index in [0.717, 1.165) is 37.1 Å². The van der Waals surface area contributed by atoms with Gasteiger partial charge in [0, 0.05) is 43.7 Å². The van der Waals surface area contributed by atoms with Gasteiger partial charge in [-0.2, -0.15) is 13.2 Å². The number of amides is 2. The van der Waals surface area contributed by atoms with E-state index >= 15 is 4.39 Å². The predicted molar refractivity (Wildman–Crippen MR) is 154 cm³/mol. The average molecular weight is 623 g/mol. The zero-order valence-corrected chi connectivity index (χ0v) is 24.4. The molecule has 1 aromatic heterocycles. The van der Waals surface area contributed by atoms with Crippen molar-refractivity contribution in [3.05, 3.63) is 73.1 Å². The van der Waals surface area contributed by atoms with E-state index in [4.69, 9.17) is 11.6 Å². The highest BCUT2D eigenvalue weighted by atomic mass is 35.5. The summed E-state index contributed by atoms with van der Waals surface area (Å²) in [6, 6.07) is 3.90. The molecule has 2 aliphatic rings. The quantitative estimate of drug-likeness (QED) is 0.241. The van der Waals surface area contributed by atoms with Crippen LogP contribution in [0.15, 0.2) is 39.9 Å². The van der Waals surface area contributed by atoms with Crippen molar-refractivity contribution in [2.24, 2.45) is 11.8 Å². The van der Waals surface area contributed by atoms with Crippen molar-refractivity contribution in [2.45, 2.75) is 64.7 Å². The third-order valence-electron chi connectivity index (χ3n) is 8.03. The van der Waals surface area contributed by atoms with Gasteiger partial charge in [-0.05, 0) is 75.6 Å². The number of piperidine rings is 1. The monoisotopic (exact) mass is 622 g/mol. The van der Waals surface area contributed by atoms with E-state index in [-0.39, 0.29) is 64.6 Å². The number of benzene rings is 2. The van der Waals surface area contributed by atoms with Crippen LogP contribution in [0.25, 0.3) is 10.9 Å². The summed E-state index contributed by atoms with van der Waals surface area (Å²) in [4.78, 5) is 53.9. The SMILES string of the molecule is CC(C)n1c(=O)n(CC2CC2)c(=O)c2cc(NC(=O)N3CCCC(CC(=O)c4cc(C(F)(F)F)ccc4Cl)C3)c(F)cc21. The Hall–Kier alpha value is -3.67. The molecule has 13 heteroatoms. The zero-order valence-electron chi connectivity index (χ0n) is 23.6. The molecule has 2 amide bonds. The van der Waals surface area contributed by atoms with Crippen LogP contribution in [0.1, 0.15) is 67.9 Å². The molecule has 230 valence electrons. The minimum Gasteiger partial charge on any atom is -0.324 e. The van der Waals surface area contributed by atoms with Crippen molar-refractivity contribution < 1.29 is 27.2 Å². The average Bonchev–Trinajstić information content (AvgIpc) is 3.76. The van der Waals surface area contributed by atoms with Gasteiger partial charge in [0.2, 0.25) is 0 Å². The molecule has 1 atom stereocenters. The van der Waals surface area contributed by atoms with Crippen molar-refractivity contribution in [1.82, 2.24) is 14.0 Å². The number of nitrogens with one attached hydrogen (secondary N) is 1. The summed E-state index contributed by atoms with van der Waals surface area (Å²) in [5.41, 5.74) is -2.36. The van der Waals surface area contributed by atoms with E-state index in [1.807, 2.05) is 0 Å². The number of likely N-dealkylation sites (tertiary alicyclic amines) is 1. The fourth-order valence-corrected chi connectivity index (χ4v) is 5.83. The molecule has 2 fully saturated rings. The normalized spacial score (nSPS) is 17.5. The molecule has 3 aromatic rings. The van der Waals surface area contributed by atoms with Crippen LogP contribution >= 0.6 is 11.6 Å². The smallest absolute Gasteiger partial charge is 0.324 e. The fourth-order valence-electron chi connectivity index (χ4n) is 5.61. The van der Waals surface area contributed by atoms with Crippen LogP contribution in [0.5, 0.6) is 0 Å². The van der Waals surface area contributed by atoms with Gasteiger partial charge in [-0.3, -0.25) is 18.7 Å². The summed E-state index contributed by atoms with van der Waals surface area (Å²) >= 11 is 6.03. The molecule has 1 aliphatic heterocycles. The van der Waals surface area contributed by atoms with Crippen LogP contribution in [-0.4, -0.2) is 38.9 Å². The molecular formula is C30H31ClF4N4O4. The van der Waals surface area contributed by atoms with Crippen LogP contribution in [0.4, 0.5) is 28.0 Å². The first kappa shape index (κ1) is 30.8. The number of aromatic nitrogens is 2. The summed E-state index contributed by atoms with van der Waals surface area (Å²) in [7, 11) is 0. The minimum atomic E-state index is -4.63. The van der Waals surface area contributed by atoms with Gasteiger partial charge in [-0.25, -0.2) is 14.0 Å². The van der Waals surface area contributed by atoms with Crippen molar-refractivity contribution >= 4 is 40.0 Å². The number of urea groups is 1. The number of rotatable bonds is 7. The van der Waals surface area contributed by atoms with Gasteiger partial charge in [-0.15, -0.1) is 0 Å². The number of ketones is 1. The number of fused-ring (bicyclic) bond motifs is 1. The largest absolute Gasteiger partial charge is 0.416 e. The summed E-state index contributed by atoms with van der Waals surface area (Å²) in [5.74, 6) is -1.50. The number of nitrogens with zero attached hydrogens (tertiary/aromatic N) is 3. The second-order valence-corrected chi connectivity index (χ2v) is 12.1. The summed E-state index contributed by atoms with van der Waals surface area (Å²) < 4.78 is 57.3. The number of hydrogen-bond acceptors (Lipinski definition) is 4. The Morgan fingerprint density at radius 1 is 1.07 bits per heavy atom. The number of anilines is 1. The maximum atomic E-state index is 15.3. The molecule has 0 bridgehead atoms. The Bertz CT molecular complexity index is 1710. The van der Waals surface area contributed by atoms with Gasteiger partial charge in [-0.1, -0.05) is 11.6 Å². The number of halogens is 5. The number of carbonyl (C=O) groups is 2. The van der Waals surface area contributed by atoms with Gasteiger partial charge in [0.15, 0.2) is 5.78 Å². The second kappa shape index (κ2) is 11.8. The predicted octanol–water partition coefficient (Wildman–Crippen LogP) is 6.48. The maximum Gasteiger partial charge on any atom is 0.416 e. The second-order valence-electron chi connectivity index (χ2n) is 11.7. The van der Waals surface area contributed by atoms with E-state index in [1.165, 1.54) is 20.1 Å². The molecule has 1 saturated carbocycles. The van der Waals surface area contributed by atoms with Crippen molar-refractivity contribution in [3.63, 3.8) is 0 Å². The standard InChI is InChI=1S/C30H31ClF4N4O4/c1-16(2)39-25-13-23(32)24(12-21(25)27(41)38(29(39)43)15-17-5-6-17)36-28(42)37-9-3-4-18(14-37)10-26(40)20-11-19(30(33,34)35)7-8-22(20)31/h7-8,11-13,16-18H,3-6,9-10,14-15H2,1-2H3,(H,36,42). The van der Waals surface area contributed by atoms with Crippen LogP contribution < -0.4 is 16.6 Å². The molecule has 5 rings (SSSR count). The Labute approximate surface area is 249 Å². The molecule has 1 saturated heterocycles. The highest BCUT2D eigenvalue weighted by Crippen LogP contribution is 2.33. The third kappa shape index (κ3) is 6.48. The Kier molecular flexibility index (Phi) is 8.43. The maximum absolute atomic E-state index is 15.3. The molecule has 1 unspecified atom stereocenters. The van der Waals surface area contributed by atoms with Crippen LogP contribution in [0, 0.1) is 17.7 Å². The molecule has 0 spiro atoms. The van der Waals surface area contributed by atoms with Gasteiger partial charge in [0.1, 0.15) is 5.82 Å². The lowest BCUT2D eigenvalue weighted by molar-refractivity contribution is -0.137. The highest BCUT2D eigenvalue weighted by Gasteiger charge is 2.33. The van der Waals surface area contributed by atoms with E-state index in [9.17, 15) is 32.3 Å². The first-order chi connectivity index (χ1) is 20.2. The van der Waals surface area contributed by atoms with Crippen LogP contribution in [0.2, 0.25) is 5.02 Å². The van der Waals surface area contributed by atoms with Crippen LogP contribution in [0.3, 0.4) is 0 Å². The van der Waals surface area contributed by atoms with Gasteiger partial charge in [0.25, 0.3) is 5.56 Å². The lowest BCUT2D eigenvalue weighted by Crippen LogP contribution is -2.43. The lowest BCUT2D eigenvalue weighted by atomic mass is 9.90. The van der Waals surface area contributed by atoms with Gasteiger partial charge < -0.3 is 10.2 Å². The number of carbonyl (C=O) groups excluding carboxylic acids is 2. The first-order valence-electron chi connectivity index (χ1n) is 14.2. The Morgan fingerprint density at radius 3 is 2.44 bits per heavy atom. The fraction of sp³-hybridized carbons (Fsp3) is 0.467. The molecule has 1 N–H and O–H groups in total. The van der Waals surface area contributed by atoms with E-state index in [0.29, 0.717) is 19.4 Å². The summed E-state index contributed by atoms with van der Waals surface area (Å²) in [5, 5.41) is 2.53. The van der Waals surface area contributed by atoms with E-state index in [1.54, 1.807) is 13.8 Å². The Morgan fingerprint density at radius 2 is 1.79 bits per heavy atom. The zero-order chi connectivity index (χ0) is 31.2. The van der Waals surface area contributed by atoms with Crippen molar-refractivity contribution in [3.8, 4) is 0 Å². The molecule has 43 heavy (non-hydrogen) atoms. The molecular weight excluding hydrogens is 592 g/mol. The van der Waals surface area contributed by atoms with E-state index < -0.39 is 40.6 Å². The molecule has 2 heterocycles. The molecule has 8 nitrogen and oxygen atoms in total. The van der Waals surface area contributed by atoms with Gasteiger partial charge in [0.05, 0.1) is 27.2 Å². The first-order valence-corrected chi connectivity index (χ1v) is 14.6. The summed E-state index contributed by atoms with van der Waals surface area (Å²) in [6.45, 7) is 4.23. The molecule has 1 aliphatic carbocycles. The summed E-state index contributed by atoms with van der Waals surface area (Å²) in [6.07, 6.45) is -1.83. The number of alkyl halides is 3. The van der Waals surface area contributed by atoms with Crippen molar-refractivity contribution in [1.29, 1.82) is 0 Å².